The van der Waals surface area contributed by atoms with Crippen LogP contribution in [0, 0.1) is 11.3 Å². The Kier molecular flexibility index (Phi) is 2.54. The predicted octanol–water partition coefficient (Wildman–Crippen LogP) is -0.857. The van der Waals surface area contributed by atoms with Crippen molar-refractivity contribution in [3.8, 4) is 0 Å². The Bertz CT molecular complexity index is 704. The van der Waals surface area contributed by atoms with Gasteiger partial charge in [-0.1, -0.05) is 0 Å². The second kappa shape index (κ2) is 4.12. The number of anilines is 1. The molecule has 4 rings (SSSR count). The average molecular weight is 291 g/mol. The Morgan fingerprint density at radius 2 is 2.19 bits per heavy atom. The molecule has 2 aliphatic rings. The van der Waals surface area contributed by atoms with Gasteiger partial charge in [-0.15, -0.1) is 0 Å². The van der Waals surface area contributed by atoms with E-state index in [0.29, 0.717) is 23.4 Å². The highest BCUT2D eigenvalue weighted by molar-refractivity contribution is 5.82. The molecule has 2 aliphatic carbocycles. The Labute approximate surface area is 120 Å². The average Bonchev–Trinajstić information content (AvgIpc) is 3.02. The molecule has 0 saturated heterocycles. The van der Waals surface area contributed by atoms with Crippen molar-refractivity contribution in [3.05, 3.63) is 12.7 Å². The van der Waals surface area contributed by atoms with E-state index < -0.39 is 17.6 Å². The number of hydrogen-bond acceptors (Lipinski definition) is 7. The van der Waals surface area contributed by atoms with Crippen LogP contribution >= 0.6 is 0 Å². The van der Waals surface area contributed by atoms with Crippen LogP contribution < -0.4 is 5.32 Å². The normalized spacial score (nSPS) is 37.7. The number of hydrogen-bond donors (Lipinski definition) is 4. The lowest BCUT2D eigenvalue weighted by molar-refractivity contribution is -0.0300. The van der Waals surface area contributed by atoms with Gasteiger partial charge < -0.3 is 25.2 Å². The van der Waals surface area contributed by atoms with Crippen molar-refractivity contribution in [2.24, 2.45) is 11.3 Å². The third-order valence-corrected chi connectivity index (χ3v) is 5.06. The third kappa shape index (κ3) is 1.47. The molecule has 4 N–H and O–H groups in total. The Balaban J connectivity index is 1.82. The maximum atomic E-state index is 10.3. The quantitative estimate of drug-likeness (QED) is 0.581. The number of rotatable bonds is 3. The van der Waals surface area contributed by atoms with E-state index in [9.17, 15) is 15.3 Å². The summed E-state index contributed by atoms with van der Waals surface area (Å²) in [4.78, 5) is 12.7. The lowest BCUT2D eigenvalue weighted by Crippen LogP contribution is -2.35. The van der Waals surface area contributed by atoms with Crippen molar-refractivity contribution < 1.29 is 15.3 Å². The molecule has 8 heteroatoms. The Hall–Kier alpha value is -1.77. The summed E-state index contributed by atoms with van der Waals surface area (Å²) in [6.45, 7) is -0.115. The number of imidazole rings is 1. The van der Waals surface area contributed by atoms with Gasteiger partial charge in [0.1, 0.15) is 17.9 Å². The van der Waals surface area contributed by atoms with Crippen molar-refractivity contribution in [3.63, 3.8) is 0 Å². The van der Waals surface area contributed by atoms with Gasteiger partial charge in [0, 0.05) is 12.5 Å². The van der Waals surface area contributed by atoms with Gasteiger partial charge in [0.15, 0.2) is 11.5 Å². The van der Waals surface area contributed by atoms with Crippen LogP contribution in [0.4, 0.5) is 5.82 Å². The summed E-state index contributed by atoms with van der Waals surface area (Å²) in [6.07, 6.45) is 1.92. The second-order valence-corrected chi connectivity index (χ2v) is 5.92. The smallest absolute Gasteiger partial charge is 0.165 e. The molecular formula is C13H17N5O3. The molecule has 2 aromatic heterocycles. The fourth-order valence-corrected chi connectivity index (χ4v) is 3.80. The zero-order valence-corrected chi connectivity index (χ0v) is 11.5. The molecule has 0 spiro atoms. The SMILES string of the molecule is CNc1ncnc2c1ncn2C1C(O)C(O)C2(CO)CC12. The third-order valence-electron chi connectivity index (χ3n) is 5.06. The summed E-state index contributed by atoms with van der Waals surface area (Å²) in [7, 11) is 1.76. The molecule has 5 atom stereocenters. The number of aromatic nitrogens is 4. The number of aliphatic hydroxyl groups is 3. The van der Waals surface area contributed by atoms with Gasteiger partial charge in [-0.3, -0.25) is 0 Å². The van der Waals surface area contributed by atoms with Crippen LogP contribution in [0.15, 0.2) is 12.7 Å². The van der Waals surface area contributed by atoms with E-state index in [1.54, 1.807) is 17.9 Å². The van der Waals surface area contributed by atoms with Gasteiger partial charge in [-0.2, -0.15) is 0 Å². The molecule has 0 bridgehead atoms. The van der Waals surface area contributed by atoms with Crippen molar-refractivity contribution in [1.82, 2.24) is 19.5 Å². The van der Waals surface area contributed by atoms with Crippen molar-refractivity contribution in [1.29, 1.82) is 0 Å². The van der Waals surface area contributed by atoms with Crippen LogP contribution in [0.25, 0.3) is 11.2 Å². The first-order chi connectivity index (χ1) is 10.1. The molecule has 2 aromatic rings. The first-order valence-electron chi connectivity index (χ1n) is 6.96. The largest absolute Gasteiger partial charge is 0.396 e. The molecule has 2 fully saturated rings. The van der Waals surface area contributed by atoms with Crippen molar-refractivity contribution in [2.45, 2.75) is 24.7 Å². The van der Waals surface area contributed by atoms with Crippen molar-refractivity contribution in [2.75, 3.05) is 19.0 Å². The van der Waals surface area contributed by atoms with E-state index in [-0.39, 0.29) is 18.6 Å². The first-order valence-corrected chi connectivity index (χ1v) is 6.96. The van der Waals surface area contributed by atoms with Crippen LogP contribution in [0.2, 0.25) is 0 Å². The number of nitrogens with one attached hydrogen (secondary N) is 1. The van der Waals surface area contributed by atoms with E-state index in [4.69, 9.17) is 0 Å². The molecule has 21 heavy (non-hydrogen) atoms. The second-order valence-electron chi connectivity index (χ2n) is 5.92. The molecular weight excluding hydrogens is 274 g/mol. The standard InChI is InChI=1S/C13H17N5O3/c1-14-11-7-12(16-4-15-11)18(5-17-7)8-6-2-13(6,3-19)10(21)9(8)20/h4-6,8-10,19-21H,2-3H2,1H3,(H,14,15,16). The highest BCUT2D eigenvalue weighted by Gasteiger charge is 2.71. The van der Waals surface area contributed by atoms with Gasteiger partial charge >= 0.3 is 0 Å². The summed E-state index contributed by atoms with van der Waals surface area (Å²) in [6, 6.07) is -0.322. The minimum Gasteiger partial charge on any atom is -0.396 e. The summed E-state index contributed by atoms with van der Waals surface area (Å²) >= 11 is 0. The minimum atomic E-state index is -0.929. The minimum absolute atomic E-state index is 0.0397. The van der Waals surface area contributed by atoms with Crippen LogP contribution in [0.3, 0.4) is 0 Å². The lowest BCUT2D eigenvalue weighted by atomic mass is 10.0. The molecule has 8 nitrogen and oxygen atoms in total. The van der Waals surface area contributed by atoms with E-state index in [2.05, 4.69) is 20.3 Å². The molecule has 112 valence electrons. The molecule has 5 unspecified atom stereocenters. The summed E-state index contributed by atoms with van der Waals surface area (Å²) in [5.74, 6) is 0.661. The predicted molar refractivity (Wildman–Crippen MR) is 73.5 cm³/mol. The number of nitrogens with zero attached hydrogens (tertiary/aromatic N) is 4. The summed E-state index contributed by atoms with van der Waals surface area (Å²) in [5.41, 5.74) is 0.676. The van der Waals surface area contributed by atoms with Gasteiger partial charge in [-0.05, 0) is 12.3 Å². The number of fused-ring (bicyclic) bond motifs is 2. The topological polar surface area (TPSA) is 116 Å². The monoisotopic (exact) mass is 291 g/mol. The Morgan fingerprint density at radius 1 is 1.38 bits per heavy atom. The molecule has 2 saturated carbocycles. The highest BCUT2D eigenvalue weighted by Crippen LogP contribution is 2.67. The van der Waals surface area contributed by atoms with Gasteiger partial charge in [0.25, 0.3) is 0 Å². The maximum absolute atomic E-state index is 10.3. The zero-order valence-electron chi connectivity index (χ0n) is 11.5. The number of aliphatic hydroxyl groups excluding tert-OH is 3. The molecule has 0 radical (unpaired) electrons. The van der Waals surface area contributed by atoms with Crippen LogP contribution in [-0.2, 0) is 0 Å². The highest BCUT2D eigenvalue weighted by atomic mass is 16.3. The van der Waals surface area contributed by atoms with Crippen LogP contribution in [0.5, 0.6) is 0 Å². The summed E-state index contributed by atoms with van der Waals surface area (Å²) in [5, 5.41) is 33.0. The first kappa shape index (κ1) is 12.9. The molecule has 2 heterocycles. The van der Waals surface area contributed by atoms with Crippen LogP contribution in [-0.4, -0.2) is 60.7 Å². The fourth-order valence-electron chi connectivity index (χ4n) is 3.80. The molecule has 0 aromatic carbocycles. The van der Waals surface area contributed by atoms with E-state index in [0.717, 1.165) is 0 Å². The summed E-state index contributed by atoms with van der Waals surface area (Å²) < 4.78 is 1.79. The van der Waals surface area contributed by atoms with E-state index in [1.165, 1.54) is 6.33 Å². The molecule has 0 amide bonds. The van der Waals surface area contributed by atoms with Gasteiger partial charge in [0.05, 0.1) is 25.1 Å². The van der Waals surface area contributed by atoms with E-state index >= 15 is 0 Å². The molecule has 0 aliphatic heterocycles. The lowest BCUT2D eigenvalue weighted by Gasteiger charge is -2.23. The Morgan fingerprint density at radius 3 is 2.86 bits per heavy atom. The zero-order chi connectivity index (χ0) is 14.8. The van der Waals surface area contributed by atoms with Crippen LogP contribution in [0.1, 0.15) is 12.5 Å². The van der Waals surface area contributed by atoms with E-state index in [1.807, 2.05) is 0 Å². The van der Waals surface area contributed by atoms with Gasteiger partial charge in [-0.25, -0.2) is 15.0 Å². The fraction of sp³-hybridized carbons (Fsp3) is 0.615. The van der Waals surface area contributed by atoms with Gasteiger partial charge in [0.2, 0.25) is 0 Å². The maximum Gasteiger partial charge on any atom is 0.165 e. The van der Waals surface area contributed by atoms with Crippen molar-refractivity contribution >= 4 is 17.0 Å².